The topological polar surface area (TPSA) is 242 Å². The lowest BCUT2D eigenvalue weighted by atomic mass is 10.2. The number of carboxylic acids is 1. The summed E-state index contributed by atoms with van der Waals surface area (Å²) in [6, 6.07) is 0. The molecule has 0 saturated heterocycles. The Hall–Kier alpha value is -0.880. The molecule has 9 N–H and O–H groups in total. The van der Waals surface area contributed by atoms with Crippen LogP contribution in [-0.4, -0.2) is 75.7 Å². The molecule has 136 valence electrons. The van der Waals surface area contributed by atoms with Gasteiger partial charge in [0.25, 0.3) is 11.0 Å². The van der Waals surface area contributed by atoms with Crippen LogP contribution in [0.4, 0.5) is 0 Å². The molecule has 0 spiro atoms. The van der Waals surface area contributed by atoms with E-state index < -0.39 is 63.7 Å². The molecule has 0 aliphatic carbocycles. The van der Waals surface area contributed by atoms with Gasteiger partial charge in [0.05, 0.1) is 0 Å². The molecular formula is C8H17NO12P2. The van der Waals surface area contributed by atoms with Crippen LogP contribution in [0, 0.1) is 0 Å². The Morgan fingerprint density at radius 3 is 1.78 bits per heavy atom. The summed E-state index contributed by atoms with van der Waals surface area (Å²) < 4.78 is 22.1. The Balaban J connectivity index is 4.66. The van der Waals surface area contributed by atoms with Gasteiger partial charge in [-0.15, -0.1) is 0 Å². The number of hydrogen-bond acceptors (Lipinski definition) is 7. The second-order valence-corrected chi connectivity index (χ2v) is 8.49. The Bertz CT molecular complexity index is 515. The molecule has 13 nitrogen and oxygen atoms in total. The van der Waals surface area contributed by atoms with Crippen molar-refractivity contribution in [3.8, 4) is 0 Å². The Morgan fingerprint density at radius 2 is 1.43 bits per heavy atom. The van der Waals surface area contributed by atoms with Crippen molar-refractivity contribution in [3.05, 3.63) is 0 Å². The number of carbonyl (C=O) groups excluding carboxylic acids is 1. The molecule has 0 bridgehead atoms. The minimum atomic E-state index is -5.61. The van der Waals surface area contributed by atoms with E-state index in [1.54, 1.807) is 0 Å². The van der Waals surface area contributed by atoms with E-state index in [1.165, 1.54) is 0 Å². The second-order valence-electron chi connectivity index (χ2n) is 4.48. The van der Waals surface area contributed by atoms with E-state index in [2.05, 4.69) is 0 Å². The van der Waals surface area contributed by atoms with Gasteiger partial charge in [-0.25, -0.2) is 4.79 Å². The van der Waals surface area contributed by atoms with E-state index in [4.69, 9.17) is 34.9 Å². The predicted octanol–water partition coefficient (Wildman–Crippen LogP) is -3.31. The number of carboxylic acid groups (broad SMARTS) is 1. The highest BCUT2D eigenvalue weighted by Gasteiger charge is 2.58. The standard InChI is InChI=1S/C8H17NO12P2/c10-4(5(11)7(13)14)6(12)9-3-1-2-8(15,22(16,17)18)23(19,20)21/h4-5,10-11,15H,1-3H2,(H,9,12)(H,13,14)(H2,16,17,18)(H2,19,20,21)/t4-,5?/m1/s1. The van der Waals surface area contributed by atoms with Gasteiger partial charge in [0.15, 0.2) is 12.2 Å². The van der Waals surface area contributed by atoms with E-state index in [9.17, 15) is 23.8 Å². The zero-order valence-corrected chi connectivity index (χ0v) is 13.2. The van der Waals surface area contributed by atoms with Crippen molar-refractivity contribution in [3.63, 3.8) is 0 Å². The smallest absolute Gasteiger partial charge is 0.369 e. The summed E-state index contributed by atoms with van der Waals surface area (Å²) in [4.78, 5) is 57.0. The Morgan fingerprint density at radius 1 is 1.00 bits per heavy atom. The van der Waals surface area contributed by atoms with Gasteiger partial charge < -0.3 is 45.3 Å². The third-order valence-corrected chi connectivity index (χ3v) is 6.62. The fourth-order valence-electron chi connectivity index (χ4n) is 1.38. The Kier molecular flexibility index (Phi) is 7.50. The second kappa shape index (κ2) is 7.79. The molecule has 15 heteroatoms. The molecule has 1 unspecified atom stereocenters. The molecular weight excluding hydrogens is 364 g/mol. The largest absolute Gasteiger partial charge is 0.479 e. The van der Waals surface area contributed by atoms with Crippen molar-refractivity contribution < 1.29 is 58.7 Å². The molecule has 0 fully saturated rings. The number of hydrogen-bond donors (Lipinski definition) is 9. The molecule has 0 saturated carbocycles. The van der Waals surface area contributed by atoms with Gasteiger partial charge in [-0.05, 0) is 6.42 Å². The van der Waals surface area contributed by atoms with E-state index in [1.807, 2.05) is 5.32 Å². The van der Waals surface area contributed by atoms with E-state index in [0.717, 1.165) is 0 Å². The van der Waals surface area contributed by atoms with Gasteiger partial charge in [-0.2, -0.15) is 0 Å². The normalized spacial score (nSPS) is 15.8. The van der Waals surface area contributed by atoms with Crippen LogP contribution in [0.1, 0.15) is 12.8 Å². The molecule has 0 radical (unpaired) electrons. The van der Waals surface area contributed by atoms with Crippen molar-refractivity contribution in [2.45, 2.75) is 30.1 Å². The minimum Gasteiger partial charge on any atom is -0.479 e. The number of aliphatic hydroxyl groups excluding tert-OH is 2. The van der Waals surface area contributed by atoms with Crippen LogP contribution < -0.4 is 5.32 Å². The molecule has 0 rings (SSSR count). The predicted molar refractivity (Wildman–Crippen MR) is 70.9 cm³/mol. The van der Waals surface area contributed by atoms with Crippen LogP contribution in [0.5, 0.6) is 0 Å². The molecule has 1 amide bonds. The quantitative estimate of drug-likeness (QED) is 0.141. The van der Waals surface area contributed by atoms with Crippen molar-refractivity contribution in [1.82, 2.24) is 5.32 Å². The number of nitrogens with one attached hydrogen (secondary N) is 1. The average molecular weight is 381 g/mol. The van der Waals surface area contributed by atoms with Crippen LogP contribution in [0.15, 0.2) is 0 Å². The van der Waals surface area contributed by atoms with Crippen molar-refractivity contribution in [2.24, 2.45) is 0 Å². The Labute approximate surface area is 128 Å². The van der Waals surface area contributed by atoms with Gasteiger partial charge in [0, 0.05) is 13.0 Å². The van der Waals surface area contributed by atoms with Gasteiger partial charge in [-0.1, -0.05) is 0 Å². The van der Waals surface area contributed by atoms with Crippen LogP contribution >= 0.6 is 15.2 Å². The molecule has 23 heavy (non-hydrogen) atoms. The summed E-state index contributed by atoms with van der Waals surface area (Å²) in [6.45, 7) is -0.523. The van der Waals surface area contributed by atoms with E-state index >= 15 is 0 Å². The molecule has 0 aromatic carbocycles. The summed E-state index contributed by atoms with van der Waals surface area (Å²) >= 11 is 0. The highest BCUT2D eigenvalue weighted by Crippen LogP contribution is 2.69. The fraction of sp³-hybridized carbons (Fsp3) is 0.750. The molecule has 0 aromatic rings. The van der Waals surface area contributed by atoms with E-state index in [-0.39, 0.29) is 0 Å². The van der Waals surface area contributed by atoms with Crippen LogP contribution in [0.2, 0.25) is 0 Å². The summed E-state index contributed by atoms with van der Waals surface area (Å²) in [5, 5.41) is 34.1. The zero-order valence-electron chi connectivity index (χ0n) is 11.4. The number of rotatable bonds is 9. The van der Waals surface area contributed by atoms with Gasteiger partial charge in [0.1, 0.15) is 0 Å². The molecule has 0 heterocycles. The lowest BCUT2D eigenvalue weighted by molar-refractivity contribution is -0.158. The summed E-state index contributed by atoms with van der Waals surface area (Å²) in [6.07, 6.45) is -6.36. The number of aliphatic carboxylic acids is 1. The number of amides is 1. The highest BCUT2D eigenvalue weighted by molar-refractivity contribution is 7.72. The lowest BCUT2D eigenvalue weighted by Crippen LogP contribution is -2.46. The molecule has 0 aliphatic rings. The SMILES string of the molecule is O=C(O)C(O)[C@@H](O)C(=O)NCCCC(O)(P(=O)(O)O)P(=O)(O)O. The first-order valence-electron chi connectivity index (χ1n) is 5.85. The van der Waals surface area contributed by atoms with Crippen molar-refractivity contribution in [2.75, 3.05) is 6.54 Å². The number of carbonyl (C=O) groups is 2. The maximum atomic E-state index is 11.3. The van der Waals surface area contributed by atoms with Gasteiger partial charge in [0.2, 0.25) is 0 Å². The molecule has 0 aliphatic heterocycles. The lowest BCUT2D eigenvalue weighted by Gasteiger charge is -2.29. The maximum absolute atomic E-state index is 11.3. The summed E-state index contributed by atoms with van der Waals surface area (Å²) in [5.74, 6) is -3.21. The molecule has 0 aromatic heterocycles. The van der Waals surface area contributed by atoms with Crippen LogP contribution in [0.25, 0.3) is 0 Å². The van der Waals surface area contributed by atoms with Crippen molar-refractivity contribution >= 4 is 27.1 Å². The fourth-order valence-corrected chi connectivity index (χ4v) is 3.64. The monoisotopic (exact) mass is 381 g/mol. The first-order valence-corrected chi connectivity index (χ1v) is 9.08. The van der Waals surface area contributed by atoms with Gasteiger partial charge in [-0.3, -0.25) is 13.9 Å². The maximum Gasteiger partial charge on any atom is 0.369 e. The third kappa shape index (κ3) is 5.60. The highest BCUT2D eigenvalue weighted by atomic mass is 31.2. The third-order valence-electron chi connectivity index (χ3n) is 2.74. The summed E-state index contributed by atoms with van der Waals surface area (Å²) in [7, 11) is -11.2. The first kappa shape index (κ1) is 22.1. The zero-order chi connectivity index (χ0) is 18.6. The van der Waals surface area contributed by atoms with Crippen LogP contribution in [0.3, 0.4) is 0 Å². The first-order chi connectivity index (χ1) is 10.1. The van der Waals surface area contributed by atoms with Crippen molar-refractivity contribution in [1.29, 1.82) is 0 Å². The number of aliphatic hydroxyl groups is 3. The molecule has 2 atom stereocenters. The summed E-state index contributed by atoms with van der Waals surface area (Å²) in [5.41, 5.74) is 0. The van der Waals surface area contributed by atoms with Gasteiger partial charge >= 0.3 is 21.2 Å². The average Bonchev–Trinajstić information content (AvgIpc) is 2.38. The van der Waals surface area contributed by atoms with E-state index in [0.29, 0.717) is 0 Å². The minimum absolute atomic E-state index is 0.523. The van der Waals surface area contributed by atoms with Crippen LogP contribution in [-0.2, 0) is 18.7 Å².